The highest BCUT2D eigenvalue weighted by molar-refractivity contribution is 5.84. The molecule has 0 bridgehead atoms. The van der Waals surface area contributed by atoms with Crippen LogP contribution in [0.5, 0.6) is 0 Å². The first-order valence-electron chi connectivity index (χ1n) is 6.47. The lowest BCUT2D eigenvalue weighted by atomic mass is 10.1. The molecule has 0 spiro atoms. The third-order valence-corrected chi connectivity index (χ3v) is 3.41. The summed E-state index contributed by atoms with van der Waals surface area (Å²) in [6.45, 7) is 4.78. The number of carbonyl (C=O) groups is 1. The molecule has 98 valence electrons. The van der Waals surface area contributed by atoms with Gasteiger partial charge in [0.25, 0.3) is 0 Å². The van der Waals surface area contributed by atoms with Gasteiger partial charge in [-0.15, -0.1) is 0 Å². The van der Waals surface area contributed by atoms with Gasteiger partial charge in [-0.1, -0.05) is 12.1 Å². The fourth-order valence-electron chi connectivity index (χ4n) is 2.45. The molecule has 0 aliphatic carbocycles. The summed E-state index contributed by atoms with van der Waals surface area (Å²) in [7, 11) is 0. The van der Waals surface area contributed by atoms with Gasteiger partial charge in [-0.2, -0.15) is 0 Å². The van der Waals surface area contributed by atoms with Crippen molar-refractivity contribution in [2.45, 2.75) is 6.42 Å². The lowest BCUT2D eigenvalue weighted by Crippen LogP contribution is -2.32. The number of para-hydroxylation sites is 1. The van der Waals surface area contributed by atoms with Crippen molar-refractivity contribution in [2.75, 3.05) is 44.2 Å². The first-order valence-corrected chi connectivity index (χ1v) is 6.47. The van der Waals surface area contributed by atoms with Gasteiger partial charge >= 0.3 is 0 Å². The van der Waals surface area contributed by atoms with Crippen molar-refractivity contribution in [2.24, 2.45) is 0 Å². The van der Waals surface area contributed by atoms with Crippen LogP contribution in [0.15, 0.2) is 24.3 Å². The van der Waals surface area contributed by atoms with Gasteiger partial charge in [-0.05, 0) is 25.1 Å². The molecule has 0 amide bonds. The monoisotopic (exact) mass is 248 g/mol. The Morgan fingerprint density at radius 1 is 1.17 bits per heavy atom. The van der Waals surface area contributed by atoms with E-state index < -0.39 is 0 Å². The fourth-order valence-corrected chi connectivity index (χ4v) is 2.45. The quantitative estimate of drug-likeness (QED) is 0.807. The van der Waals surface area contributed by atoms with Crippen molar-refractivity contribution in [1.29, 1.82) is 0 Å². The average Bonchev–Trinajstić information content (AvgIpc) is 2.65. The Bertz CT molecular complexity index is 395. The Morgan fingerprint density at radius 3 is 2.78 bits per heavy atom. The lowest BCUT2D eigenvalue weighted by Gasteiger charge is -2.24. The van der Waals surface area contributed by atoms with Crippen molar-refractivity contribution in [3.05, 3.63) is 29.8 Å². The lowest BCUT2D eigenvalue weighted by molar-refractivity contribution is 0.112. The highest BCUT2D eigenvalue weighted by Gasteiger charge is 2.16. The van der Waals surface area contributed by atoms with Crippen molar-refractivity contribution in [3.8, 4) is 0 Å². The molecule has 1 N–H and O–H groups in total. The van der Waals surface area contributed by atoms with E-state index in [2.05, 4.69) is 9.80 Å². The Kier molecular flexibility index (Phi) is 4.73. The third-order valence-electron chi connectivity index (χ3n) is 3.41. The highest BCUT2D eigenvalue weighted by atomic mass is 16.3. The first-order chi connectivity index (χ1) is 8.85. The van der Waals surface area contributed by atoms with Crippen LogP contribution < -0.4 is 4.90 Å². The van der Waals surface area contributed by atoms with Gasteiger partial charge in [0.05, 0.1) is 6.61 Å². The number of anilines is 1. The predicted octanol–water partition coefficient (Wildman–Crippen LogP) is 1.00. The Balaban J connectivity index is 2.07. The number of aliphatic hydroxyl groups is 1. The van der Waals surface area contributed by atoms with Crippen LogP contribution in [0, 0.1) is 0 Å². The second-order valence-electron chi connectivity index (χ2n) is 4.58. The molecule has 0 aromatic heterocycles. The molecule has 1 aromatic carbocycles. The van der Waals surface area contributed by atoms with Crippen LogP contribution in [-0.4, -0.2) is 55.6 Å². The van der Waals surface area contributed by atoms with Crippen LogP contribution in [0.25, 0.3) is 0 Å². The summed E-state index contributed by atoms with van der Waals surface area (Å²) in [6, 6.07) is 7.73. The molecule has 1 fully saturated rings. The number of β-amino-alcohol motifs (C(OH)–C–C–N with tert-alkyl or cyclic N) is 1. The number of hydrogen-bond donors (Lipinski definition) is 1. The van der Waals surface area contributed by atoms with E-state index in [-0.39, 0.29) is 6.61 Å². The molecule has 18 heavy (non-hydrogen) atoms. The van der Waals surface area contributed by atoms with Crippen LogP contribution in [0.4, 0.5) is 5.69 Å². The summed E-state index contributed by atoms with van der Waals surface area (Å²) in [6.07, 6.45) is 1.99. The summed E-state index contributed by atoms with van der Waals surface area (Å²) in [5.41, 5.74) is 1.78. The molecular formula is C14H20N2O2. The Hall–Kier alpha value is -1.39. The molecule has 0 saturated carbocycles. The SMILES string of the molecule is O=Cc1ccccc1N1CCCN(CCO)CC1. The van der Waals surface area contributed by atoms with E-state index in [4.69, 9.17) is 5.11 Å². The minimum Gasteiger partial charge on any atom is -0.395 e. The van der Waals surface area contributed by atoms with Gasteiger partial charge in [0.15, 0.2) is 6.29 Å². The highest BCUT2D eigenvalue weighted by Crippen LogP contribution is 2.20. The molecule has 1 aliphatic rings. The Labute approximate surface area is 108 Å². The number of aliphatic hydroxyl groups excluding tert-OH is 1. The molecule has 2 rings (SSSR count). The summed E-state index contributed by atoms with van der Waals surface area (Å²) in [5.74, 6) is 0. The second-order valence-corrected chi connectivity index (χ2v) is 4.58. The van der Waals surface area contributed by atoms with Crippen molar-refractivity contribution in [3.63, 3.8) is 0 Å². The maximum atomic E-state index is 11.1. The Morgan fingerprint density at radius 2 is 2.00 bits per heavy atom. The van der Waals surface area contributed by atoms with Gasteiger partial charge in [-0.25, -0.2) is 0 Å². The number of aldehydes is 1. The number of benzene rings is 1. The molecule has 4 heteroatoms. The summed E-state index contributed by atoms with van der Waals surface area (Å²) in [4.78, 5) is 15.6. The molecule has 4 nitrogen and oxygen atoms in total. The van der Waals surface area contributed by atoms with Crippen molar-refractivity contribution in [1.82, 2.24) is 4.90 Å². The van der Waals surface area contributed by atoms with E-state index in [0.29, 0.717) is 0 Å². The zero-order chi connectivity index (χ0) is 12.8. The van der Waals surface area contributed by atoms with Gasteiger partial charge < -0.3 is 10.0 Å². The molecule has 1 aromatic rings. The molecular weight excluding hydrogens is 228 g/mol. The van der Waals surface area contributed by atoms with Crippen molar-refractivity contribution >= 4 is 12.0 Å². The van der Waals surface area contributed by atoms with Crippen molar-refractivity contribution < 1.29 is 9.90 Å². The van der Waals surface area contributed by atoms with Crippen LogP contribution in [-0.2, 0) is 0 Å². The molecule has 0 radical (unpaired) electrons. The average molecular weight is 248 g/mol. The minimum atomic E-state index is 0.213. The normalized spacial score (nSPS) is 17.5. The second kappa shape index (κ2) is 6.52. The summed E-state index contributed by atoms with van der Waals surface area (Å²) in [5, 5.41) is 8.97. The maximum Gasteiger partial charge on any atom is 0.152 e. The maximum absolute atomic E-state index is 11.1. The van der Waals surface area contributed by atoms with Gasteiger partial charge in [0.2, 0.25) is 0 Å². The van der Waals surface area contributed by atoms with Crippen LogP contribution in [0.3, 0.4) is 0 Å². The number of nitrogens with zero attached hydrogens (tertiary/aromatic N) is 2. The summed E-state index contributed by atoms with van der Waals surface area (Å²) >= 11 is 0. The molecule has 1 saturated heterocycles. The van der Waals surface area contributed by atoms with Gasteiger partial charge in [-0.3, -0.25) is 9.69 Å². The fraction of sp³-hybridized carbons (Fsp3) is 0.500. The van der Waals surface area contributed by atoms with E-state index in [1.807, 2.05) is 24.3 Å². The van der Waals surface area contributed by atoms with Crippen LogP contribution in [0.1, 0.15) is 16.8 Å². The third kappa shape index (κ3) is 3.09. The largest absolute Gasteiger partial charge is 0.395 e. The smallest absolute Gasteiger partial charge is 0.152 e. The summed E-state index contributed by atoms with van der Waals surface area (Å²) < 4.78 is 0. The molecule has 0 unspecified atom stereocenters. The van der Waals surface area contributed by atoms with Crippen LogP contribution >= 0.6 is 0 Å². The number of rotatable bonds is 4. The van der Waals surface area contributed by atoms with Crippen LogP contribution in [0.2, 0.25) is 0 Å². The molecule has 1 aliphatic heterocycles. The zero-order valence-corrected chi connectivity index (χ0v) is 10.6. The molecule has 0 atom stereocenters. The first kappa shape index (κ1) is 13.1. The van der Waals surface area contributed by atoms with E-state index in [9.17, 15) is 4.79 Å². The van der Waals surface area contributed by atoms with Gasteiger partial charge in [0, 0.05) is 37.4 Å². The molecule has 1 heterocycles. The minimum absolute atomic E-state index is 0.213. The zero-order valence-electron chi connectivity index (χ0n) is 10.6. The predicted molar refractivity (Wildman–Crippen MR) is 72.2 cm³/mol. The number of carbonyl (C=O) groups excluding carboxylic acids is 1. The van der Waals surface area contributed by atoms with E-state index in [1.165, 1.54) is 0 Å². The topological polar surface area (TPSA) is 43.8 Å². The van der Waals surface area contributed by atoms with E-state index in [0.717, 1.165) is 56.7 Å². The van der Waals surface area contributed by atoms with Gasteiger partial charge in [0.1, 0.15) is 0 Å². The van der Waals surface area contributed by atoms with E-state index >= 15 is 0 Å². The standard InChI is InChI=1S/C14H20N2O2/c17-11-10-15-6-3-7-16(9-8-15)14-5-2-1-4-13(14)12-18/h1-2,4-5,12,17H,3,6-11H2. The number of hydrogen-bond acceptors (Lipinski definition) is 4. The van der Waals surface area contributed by atoms with E-state index in [1.54, 1.807) is 0 Å².